The van der Waals surface area contributed by atoms with E-state index in [0.717, 1.165) is 6.42 Å². The highest BCUT2D eigenvalue weighted by molar-refractivity contribution is 5.96. The first-order valence-corrected chi connectivity index (χ1v) is 7.43. The minimum Gasteiger partial charge on any atom is -0.383 e. The predicted molar refractivity (Wildman–Crippen MR) is 73.5 cm³/mol. The molecule has 0 aromatic carbocycles. The largest absolute Gasteiger partial charge is 0.383 e. The molecule has 2 heterocycles. The summed E-state index contributed by atoms with van der Waals surface area (Å²) in [5, 5.41) is 16.0. The fourth-order valence-electron chi connectivity index (χ4n) is 2.79. The highest BCUT2D eigenvalue weighted by Crippen LogP contribution is 2.44. The summed E-state index contributed by atoms with van der Waals surface area (Å²) in [5.74, 6) is -4.83. The number of ether oxygens (including phenoxy) is 1. The number of carbonyl (C=O) groups excluding carboxylic acids is 1. The molecule has 1 saturated carbocycles. The van der Waals surface area contributed by atoms with Crippen molar-refractivity contribution in [3.63, 3.8) is 0 Å². The number of anilines is 1. The van der Waals surface area contributed by atoms with E-state index in [1.165, 1.54) is 16.9 Å². The van der Waals surface area contributed by atoms with Crippen molar-refractivity contribution >= 4 is 11.7 Å². The molecule has 6 nitrogen and oxygen atoms in total. The normalized spacial score (nSPS) is 24.0. The van der Waals surface area contributed by atoms with E-state index in [4.69, 9.17) is 4.74 Å². The molecule has 2 fully saturated rings. The van der Waals surface area contributed by atoms with Crippen LogP contribution in [0.5, 0.6) is 0 Å². The maximum atomic E-state index is 14.1. The molecule has 22 heavy (non-hydrogen) atoms. The van der Waals surface area contributed by atoms with Crippen molar-refractivity contribution in [2.24, 2.45) is 5.92 Å². The van der Waals surface area contributed by atoms with Gasteiger partial charge in [-0.05, 0) is 25.7 Å². The Morgan fingerprint density at radius 2 is 2.36 bits per heavy atom. The van der Waals surface area contributed by atoms with Crippen LogP contribution in [0.4, 0.5) is 14.6 Å². The van der Waals surface area contributed by atoms with Gasteiger partial charge >= 0.3 is 5.92 Å². The molecular weight excluding hydrogens is 296 g/mol. The van der Waals surface area contributed by atoms with Crippen molar-refractivity contribution in [2.45, 2.75) is 43.8 Å². The number of aromatic nitrogens is 2. The number of amides is 1. The van der Waals surface area contributed by atoms with E-state index in [1.807, 2.05) is 0 Å². The molecule has 122 valence electrons. The first kappa shape index (κ1) is 15.4. The monoisotopic (exact) mass is 315 g/mol. The van der Waals surface area contributed by atoms with E-state index in [9.17, 15) is 18.7 Å². The average Bonchev–Trinajstić information content (AvgIpc) is 3.09. The summed E-state index contributed by atoms with van der Waals surface area (Å²) >= 11 is 0. The van der Waals surface area contributed by atoms with Crippen molar-refractivity contribution in [1.82, 2.24) is 9.78 Å². The Balaban J connectivity index is 1.68. The van der Waals surface area contributed by atoms with Crippen LogP contribution in [-0.4, -0.2) is 45.5 Å². The van der Waals surface area contributed by atoms with Gasteiger partial charge in [0, 0.05) is 25.1 Å². The van der Waals surface area contributed by atoms with E-state index in [2.05, 4.69) is 10.4 Å². The Kier molecular flexibility index (Phi) is 3.90. The van der Waals surface area contributed by atoms with E-state index in [-0.39, 0.29) is 24.6 Å². The van der Waals surface area contributed by atoms with Crippen LogP contribution < -0.4 is 5.32 Å². The molecule has 1 saturated heterocycles. The summed E-state index contributed by atoms with van der Waals surface area (Å²) in [4.78, 5) is 11.9. The van der Waals surface area contributed by atoms with Gasteiger partial charge in [0.2, 0.25) is 0 Å². The summed E-state index contributed by atoms with van der Waals surface area (Å²) < 4.78 is 34.9. The van der Waals surface area contributed by atoms with Crippen LogP contribution in [-0.2, 0) is 16.1 Å². The summed E-state index contributed by atoms with van der Waals surface area (Å²) in [6.45, 7) is 1.78. The van der Waals surface area contributed by atoms with Gasteiger partial charge in [-0.1, -0.05) is 0 Å². The zero-order chi connectivity index (χ0) is 15.8. The van der Waals surface area contributed by atoms with Gasteiger partial charge < -0.3 is 15.2 Å². The SMILES string of the molecule is O=C(Nc1ccnn1CC1CCOC1)C(F)(F)C1(O)CCC1. The zero-order valence-electron chi connectivity index (χ0n) is 12.1. The molecule has 1 amide bonds. The number of alkyl halides is 2. The first-order chi connectivity index (χ1) is 10.4. The Labute approximate surface area is 126 Å². The van der Waals surface area contributed by atoms with Crippen molar-refractivity contribution in [3.05, 3.63) is 12.3 Å². The number of hydrogen-bond donors (Lipinski definition) is 2. The second-order valence-electron chi connectivity index (χ2n) is 6.04. The highest BCUT2D eigenvalue weighted by Gasteiger charge is 2.61. The van der Waals surface area contributed by atoms with Gasteiger partial charge in [0.15, 0.2) is 0 Å². The van der Waals surface area contributed by atoms with E-state index in [1.54, 1.807) is 0 Å². The number of aliphatic hydroxyl groups is 1. The van der Waals surface area contributed by atoms with Crippen molar-refractivity contribution in [2.75, 3.05) is 18.5 Å². The van der Waals surface area contributed by atoms with Crippen molar-refractivity contribution in [3.8, 4) is 0 Å². The predicted octanol–water partition coefficient (Wildman–Crippen LogP) is 1.41. The summed E-state index contributed by atoms with van der Waals surface area (Å²) in [7, 11) is 0. The maximum absolute atomic E-state index is 14.1. The summed E-state index contributed by atoms with van der Waals surface area (Å²) in [6, 6.07) is 1.47. The summed E-state index contributed by atoms with van der Waals surface area (Å²) in [6.07, 6.45) is 2.70. The second kappa shape index (κ2) is 5.58. The lowest BCUT2D eigenvalue weighted by Gasteiger charge is -2.41. The third-order valence-electron chi connectivity index (χ3n) is 4.46. The van der Waals surface area contributed by atoms with Crippen LogP contribution in [0.15, 0.2) is 12.3 Å². The number of nitrogens with one attached hydrogen (secondary N) is 1. The van der Waals surface area contributed by atoms with Gasteiger partial charge in [-0.3, -0.25) is 4.79 Å². The molecular formula is C14H19F2N3O3. The van der Waals surface area contributed by atoms with Crippen molar-refractivity contribution in [1.29, 1.82) is 0 Å². The molecule has 0 bridgehead atoms. The van der Waals surface area contributed by atoms with Crippen LogP contribution in [0.3, 0.4) is 0 Å². The molecule has 3 rings (SSSR count). The van der Waals surface area contributed by atoms with Gasteiger partial charge in [0.1, 0.15) is 11.4 Å². The Bertz CT molecular complexity index is 551. The molecule has 1 aliphatic carbocycles. The number of halogens is 2. The van der Waals surface area contributed by atoms with Gasteiger partial charge in [0.25, 0.3) is 5.91 Å². The zero-order valence-corrected chi connectivity index (χ0v) is 12.1. The molecule has 0 radical (unpaired) electrons. The highest BCUT2D eigenvalue weighted by atomic mass is 19.3. The molecule has 1 aliphatic heterocycles. The summed E-state index contributed by atoms with van der Waals surface area (Å²) in [5.41, 5.74) is -2.22. The number of hydrogen-bond acceptors (Lipinski definition) is 4. The van der Waals surface area contributed by atoms with Gasteiger partial charge in [-0.15, -0.1) is 0 Å². The van der Waals surface area contributed by atoms with Gasteiger partial charge in [-0.2, -0.15) is 13.9 Å². The van der Waals surface area contributed by atoms with E-state index >= 15 is 0 Å². The molecule has 0 spiro atoms. The van der Waals surface area contributed by atoms with Crippen molar-refractivity contribution < 1.29 is 23.4 Å². The fraction of sp³-hybridized carbons (Fsp3) is 0.714. The lowest BCUT2D eigenvalue weighted by atomic mass is 9.75. The maximum Gasteiger partial charge on any atom is 0.352 e. The van der Waals surface area contributed by atoms with Crippen LogP contribution in [0, 0.1) is 5.92 Å². The lowest BCUT2D eigenvalue weighted by molar-refractivity contribution is -0.212. The first-order valence-electron chi connectivity index (χ1n) is 7.43. The molecule has 1 unspecified atom stereocenters. The molecule has 1 aromatic rings. The standard InChI is InChI=1S/C14H19F2N3O3/c15-14(16,13(21)4-1-5-13)12(20)18-11-2-6-17-19(11)8-10-3-7-22-9-10/h2,6,10,21H,1,3-5,7-9H2,(H,18,20). The topological polar surface area (TPSA) is 76.4 Å². The molecule has 2 N–H and O–H groups in total. The molecule has 1 aromatic heterocycles. The van der Waals surface area contributed by atoms with E-state index < -0.39 is 17.4 Å². The second-order valence-corrected chi connectivity index (χ2v) is 6.04. The van der Waals surface area contributed by atoms with Crippen LogP contribution in [0.25, 0.3) is 0 Å². The van der Waals surface area contributed by atoms with E-state index in [0.29, 0.717) is 26.2 Å². The minimum absolute atomic E-state index is 0.0634. The fourth-order valence-corrected chi connectivity index (χ4v) is 2.79. The van der Waals surface area contributed by atoms with Crippen LogP contribution >= 0.6 is 0 Å². The third kappa shape index (κ3) is 2.61. The van der Waals surface area contributed by atoms with Gasteiger partial charge in [-0.25, -0.2) is 4.68 Å². The smallest absolute Gasteiger partial charge is 0.352 e. The molecule has 1 atom stereocenters. The Morgan fingerprint density at radius 3 is 2.95 bits per heavy atom. The van der Waals surface area contributed by atoms with Crippen LogP contribution in [0.1, 0.15) is 25.7 Å². The average molecular weight is 315 g/mol. The molecule has 8 heteroatoms. The molecule has 2 aliphatic rings. The lowest BCUT2D eigenvalue weighted by Crippen LogP contribution is -2.59. The van der Waals surface area contributed by atoms with Crippen LogP contribution in [0.2, 0.25) is 0 Å². The number of rotatable bonds is 5. The Hall–Kier alpha value is -1.54. The number of carbonyl (C=O) groups is 1. The van der Waals surface area contributed by atoms with Gasteiger partial charge in [0.05, 0.1) is 12.8 Å². The third-order valence-corrected chi connectivity index (χ3v) is 4.46. The number of nitrogens with zero attached hydrogens (tertiary/aromatic N) is 2. The Morgan fingerprint density at radius 1 is 1.59 bits per heavy atom. The minimum atomic E-state index is -3.81. The quantitative estimate of drug-likeness (QED) is 0.861.